The highest BCUT2D eigenvalue weighted by atomic mass is 32.1. The molecule has 0 aliphatic carbocycles. The summed E-state index contributed by atoms with van der Waals surface area (Å²) < 4.78 is 16.4. The van der Waals surface area contributed by atoms with E-state index in [1.807, 2.05) is 38.1 Å². The molecule has 0 saturated carbocycles. The molecular weight excluding hydrogens is 376 g/mol. The highest BCUT2D eigenvalue weighted by molar-refractivity contribution is 7.80. The molecule has 150 valence electrons. The third kappa shape index (κ3) is 7.54. The molecule has 0 atom stereocenters. The topological polar surface area (TPSA) is 68.8 Å². The maximum atomic E-state index is 12.3. The second-order valence-electron chi connectivity index (χ2n) is 5.85. The van der Waals surface area contributed by atoms with Crippen LogP contribution in [0.25, 0.3) is 0 Å². The fraction of sp³-hybridized carbons (Fsp3) is 0.333. The van der Waals surface area contributed by atoms with Gasteiger partial charge in [-0.1, -0.05) is 13.0 Å². The average molecular weight is 403 g/mol. The van der Waals surface area contributed by atoms with Gasteiger partial charge in [0.25, 0.3) is 5.91 Å². The summed E-state index contributed by atoms with van der Waals surface area (Å²) in [6.07, 6.45) is 0.931. The summed E-state index contributed by atoms with van der Waals surface area (Å²) in [5.41, 5.74) is 1.23. The van der Waals surface area contributed by atoms with Crippen LogP contribution in [0, 0.1) is 0 Å². The molecule has 2 aromatic rings. The SMILES string of the molecule is CCCOc1ccc(C(=O)NC(=S)Nc2cccc(OCCOCC)c2)cc1. The smallest absolute Gasteiger partial charge is 0.257 e. The molecule has 2 N–H and O–H groups in total. The van der Waals surface area contributed by atoms with Crippen molar-refractivity contribution < 1.29 is 19.0 Å². The number of ether oxygens (including phenoxy) is 3. The zero-order valence-corrected chi connectivity index (χ0v) is 17.0. The van der Waals surface area contributed by atoms with Gasteiger partial charge in [-0.2, -0.15) is 0 Å². The van der Waals surface area contributed by atoms with Gasteiger partial charge in [0, 0.05) is 23.9 Å². The Labute approximate surface area is 171 Å². The number of hydrogen-bond acceptors (Lipinski definition) is 5. The number of rotatable bonds is 10. The molecule has 0 fully saturated rings. The van der Waals surface area contributed by atoms with E-state index in [2.05, 4.69) is 10.6 Å². The van der Waals surface area contributed by atoms with Crippen LogP contribution in [-0.4, -0.2) is 37.4 Å². The molecule has 0 aromatic heterocycles. The minimum atomic E-state index is -0.288. The van der Waals surface area contributed by atoms with Crippen LogP contribution < -0.4 is 20.1 Å². The number of hydrogen-bond donors (Lipinski definition) is 2. The lowest BCUT2D eigenvalue weighted by molar-refractivity contribution is 0.0977. The quantitative estimate of drug-likeness (QED) is 0.462. The minimum Gasteiger partial charge on any atom is -0.494 e. The Kier molecular flexibility index (Phi) is 9.24. The van der Waals surface area contributed by atoms with Gasteiger partial charge in [-0.25, -0.2) is 0 Å². The first-order valence-corrected chi connectivity index (χ1v) is 9.69. The molecule has 0 heterocycles. The Balaban J connectivity index is 1.85. The van der Waals surface area contributed by atoms with E-state index in [4.69, 9.17) is 26.4 Å². The predicted molar refractivity (Wildman–Crippen MR) is 114 cm³/mol. The molecule has 0 saturated heterocycles. The van der Waals surface area contributed by atoms with Gasteiger partial charge in [-0.15, -0.1) is 0 Å². The van der Waals surface area contributed by atoms with Crippen molar-refractivity contribution in [3.63, 3.8) is 0 Å². The highest BCUT2D eigenvalue weighted by Gasteiger charge is 2.08. The van der Waals surface area contributed by atoms with Crippen LogP contribution in [0.5, 0.6) is 11.5 Å². The van der Waals surface area contributed by atoms with Crippen LogP contribution in [0.4, 0.5) is 5.69 Å². The molecule has 0 radical (unpaired) electrons. The van der Waals surface area contributed by atoms with Crippen LogP contribution in [0.1, 0.15) is 30.6 Å². The van der Waals surface area contributed by atoms with Crippen molar-refractivity contribution in [3.05, 3.63) is 54.1 Å². The zero-order valence-electron chi connectivity index (χ0n) is 16.2. The lowest BCUT2D eigenvalue weighted by Gasteiger charge is -2.12. The van der Waals surface area contributed by atoms with Gasteiger partial charge >= 0.3 is 0 Å². The number of amides is 1. The van der Waals surface area contributed by atoms with E-state index in [-0.39, 0.29) is 11.0 Å². The summed E-state index contributed by atoms with van der Waals surface area (Å²) in [4.78, 5) is 12.3. The van der Waals surface area contributed by atoms with Gasteiger partial charge in [0.2, 0.25) is 0 Å². The Bertz CT molecular complexity index is 765. The highest BCUT2D eigenvalue weighted by Crippen LogP contribution is 2.17. The van der Waals surface area contributed by atoms with Crippen LogP contribution in [0.15, 0.2) is 48.5 Å². The normalized spacial score (nSPS) is 10.2. The van der Waals surface area contributed by atoms with Crippen molar-refractivity contribution >= 4 is 28.9 Å². The monoisotopic (exact) mass is 402 g/mol. The Hall–Kier alpha value is -2.64. The number of anilines is 1. The summed E-state index contributed by atoms with van der Waals surface area (Å²) in [5.74, 6) is 1.14. The molecule has 0 aliphatic rings. The fourth-order valence-corrected chi connectivity index (χ4v) is 2.50. The third-order valence-electron chi connectivity index (χ3n) is 3.61. The van der Waals surface area contributed by atoms with E-state index in [9.17, 15) is 4.79 Å². The fourth-order valence-electron chi connectivity index (χ4n) is 2.29. The molecule has 2 rings (SSSR count). The molecule has 0 bridgehead atoms. The summed E-state index contributed by atoms with van der Waals surface area (Å²) in [6.45, 7) is 6.29. The van der Waals surface area contributed by atoms with Crippen molar-refractivity contribution in [2.24, 2.45) is 0 Å². The second kappa shape index (κ2) is 11.9. The van der Waals surface area contributed by atoms with Crippen molar-refractivity contribution in [2.45, 2.75) is 20.3 Å². The van der Waals surface area contributed by atoms with Crippen molar-refractivity contribution in [2.75, 3.05) is 31.7 Å². The number of benzene rings is 2. The van der Waals surface area contributed by atoms with Crippen molar-refractivity contribution in [1.82, 2.24) is 5.32 Å². The summed E-state index contributed by atoms with van der Waals surface area (Å²) in [5, 5.41) is 5.86. The first-order valence-electron chi connectivity index (χ1n) is 9.28. The maximum absolute atomic E-state index is 12.3. The molecule has 2 aromatic carbocycles. The molecule has 7 heteroatoms. The molecule has 0 aliphatic heterocycles. The van der Waals surface area contributed by atoms with Crippen LogP contribution in [0.3, 0.4) is 0 Å². The largest absolute Gasteiger partial charge is 0.494 e. The first-order chi connectivity index (χ1) is 13.6. The van der Waals surface area contributed by atoms with Crippen LogP contribution in [-0.2, 0) is 4.74 Å². The van der Waals surface area contributed by atoms with Gasteiger partial charge in [0.05, 0.1) is 13.2 Å². The van der Waals surface area contributed by atoms with Crippen LogP contribution >= 0.6 is 12.2 Å². The van der Waals surface area contributed by atoms with E-state index in [0.717, 1.165) is 17.9 Å². The van der Waals surface area contributed by atoms with E-state index < -0.39 is 0 Å². The molecule has 1 amide bonds. The number of carbonyl (C=O) groups is 1. The number of carbonyl (C=O) groups excluding carboxylic acids is 1. The standard InChI is InChI=1S/C21H26N2O4S/c1-3-12-26-18-10-8-16(9-11-18)20(24)23-21(28)22-17-6-5-7-19(15-17)27-14-13-25-4-2/h5-11,15H,3-4,12-14H2,1-2H3,(H2,22,23,24,28). The summed E-state index contributed by atoms with van der Waals surface area (Å²) >= 11 is 5.23. The van der Waals surface area contributed by atoms with Gasteiger partial charge in [-0.3, -0.25) is 10.1 Å². The lowest BCUT2D eigenvalue weighted by Crippen LogP contribution is -2.34. The van der Waals surface area contributed by atoms with E-state index in [0.29, 0.717) is 37.7 Å². The molecule has 6 nitrogen and oxygen atoms in total. The first kappa shape index (κ1) is 21.7. The van der Waals surface area contributed by atoms with Gasteiger partial charge < -0.3 is 19.5 Å². The molecule has 0 spiro atoms. The van der Waals surface area contributed by atoms with Crippen LogP contribution in [0.2, 0.25) is 0 Å². The van der Waals surface area contributed by atoms with Crippen molar-refractivity contribution in [3.8, 4) is 11.5 Å². The summed E-state index contributed by atoms with van der Waals surface area (Å²) in [7, 11) is 0. The Morgan fingerprint density at radius 2 is 1.71 bits per heavy atom. The maximum Gasteiger partial charge on any atom is 0.257 e. The van der Waals surface area contributed by atoms with Gasteiger partial charge in [0.1, 0.15) is 18.1 Å². The van der Waals surface area contributed by atoms with Gasteiger partial charge in [-0.05, 0) is 62.0 Å². The lowest BCUT2D eigenvalue weighted by atomic mass is 10.2. The predicted octanol–water partition coefficient (Wildman–Crippen LogP) is 4.02. The van der Waals surface area contributed by atoms with Gasteiger partial charge in [0.15, 0.2) is 5.11 Å². The minimum absolute atomic E-state index is 0.211. The van der Waals surface area contributed by atoms with E-state index in [1.54, 1.807) is 24.3 Å². The van der Waals surface area contributed by atoms with E-state index in [1.165, 1.54) is 0 Å². The second-order valence-corrected chi connectivity index (χ2v) is 6.26. The van der Waals surface area contributed by atoms with E-state index >= 15 is 0 Å². The average Bonchev–Trinajstić information content (AvgIpc) is 2.70. The van der Waals surface area contributed by atoms with Crippen molar-refractivity contribution in [1.29, 1.82) is 0 Å². The number of thiocarbonyl (C=S) groups is 1. The zero-order chi connectivity index (χ0) is 20.2. The number of nitrogens with one attached hydrogen (secondary N) is 2. The Morgan fingerprint density at radius 1 is 0.964 bits per heavy atom. The third-order valence-corrected chi connectivity index (χ3v) is 3.81. The summed E-state index contributed by atoms with van der Waals surface area (Å²) in [6, 6.07) is 14.3. The molecule has 0 unspecified atom stereocenters. The molecular formula is C21H26N2O4S. The molecule has 28 heavy (non-hydrogen) atoms. The Morgan fingerprint density at radius 3 is 2.43 bits per heavy atom.